The summed E-state index contributed by atoms with van der Waals surface area (Å²) in [5, 5.41) is 18.0. The van der Waals surface area contributed by atoms with Crippen LogP contribution >= 0.6 is 11.6 Å². The van der Waals surface area contributed by atoms with Gasteiger partial charge in [-0.3, -0.25) is 4.79 Å². The van der Waals surface area contributed by atoms with Crippen molar-refractivity contribution in [3.63, 3.8) is 0 Å². The number of halogens is 1. The fourth-order valence-corrected chi connectivity index (χ4v) is 1.58. The molecular weight excluding hydrogens is 214 g/mol. The van der Waals surface area contributed by atoms with Gasteiger partial charge in [-0.1, -0.05) is 29.8 Å². The summed E-state index contributed by atoms with van der Waals surface area (Å²) < 4.78 is 0. The van der Waals surface area contributed by atoms with Gasteiger partial charge in [-0.25, -0.2) is 0 Å². The summed E-state index contributed by atoms with van der Waals surface area (Å²) in [6.45, 7) is 0. The molecule has 0 aromatic heterocycles. The van der Waals surface area contributed by atoms with Crippen LogP contribution in [0.1, 0.15) is 24.3 Å². The predicted molar refractivity (Wildman–Crippen MR) is 56.7 cm³/mol. The highest BCUT2D eigenvalue weighted by molar-refractivity contribution is 6.31. The molecule has 0 spiro atoms. The molecule has 1 unspecified atom stereocenters. The van der Waals surface area contributed by atoms with Gasteiger partial charge >= 0.3 is 5.97 Å². The van der Waals surface area contributed by atoms with Gasteiger partial charge < -0.3 is 5.11 Å². The Morgan fingerprint density at radius 3 is 2.73 bits per heavy atom. The van der Waals surface area contributed by atoms with Crippen LogP contribution in [-0.4, -0.2) is 11.1 Å². The van der Waals surface area contributed by atoms with Crippen LogP contribution in [-0.2, 0) is 4.79 Å². The average Bonchev–Trinajstić information content (AvgIpc) is 2.21. The molecule has 15 heavy (non-hydrogen) atoms. The maximum Gasteiger partial charge on any atom is 0.303 e. The second kappa shape index (κ2) is 5.38. The smallest absolute Gasteiger partial charge is 0.303 e. The molecule has 0 bridgehead atoms. The van der Waals surface area contributed by atoms with Crippen LogP contribution in [0.2, 0.25) is 5.02 Å². The fourth-order valence-electron chi connectivity index (χ4n) is 1.32. The summed E-state index contributed by atoms with van der Waals surface area (Å²) in [5.74, 6) is -1.35. The van der Waals surface area contributed by atoms with E-state index in [1.54, 1.807) is 24.3 Å². The molecule has 1 aromatic carbocycles. The van der Waals surface area contributed by atoms with Gasteiger partial charge in [-0.15, -0.1) is 0 Å². The first kappa shape index (κ1) is 11.5. The molecule has 0 fully saturated rings. The van der Waals surface area contributed by atoms with E-state index >= 15 is 0 Å². The standard InChI is InChI=1S/C11H10ClNO2/c12-10-4-2-1-3-9(10)8(7-13)5-6-11(14)15/h1-4,8H,5-6H2,(H,14,15). The van der Waals surface area contributed by atoms with E-state index in [0.717, 1.165) is 0 Å². The Hall–Kier alpha value is -1.53. The van der Waals surface area contributed by atoms with E-state index in [-0.39, 0.29) is 12.8 Å². The van der Waals surface area contributed by atoms with Crippen molar-refractivity contribution in [3.05, 3.63) is 34.9 Å². The Bertz CT molecular complexity index is 398. The highest BCUT2D eigenvalue weighted by Gasteiger charge is 2.14. The summed E-state index contributed by atoms with van der Waals surface area (Å²) in [5.41, 5.74) is 0.697. The summed E-state index contributed by atoms with van der Waals surface area (Å²) in [4.78, 5) is 10.4. The number of carbonyl (C=O) groups is 1. The largest absolute Gasteiger partial charge is 0.481 e. The van der Waals surface area contributed by atoms with Crippen LogP contribution in [0.5, 0.6) is 0 Å². The number of carboxylic acid groups (broad SMARTS) is 1. The SMILES string of the molecule is N#CC(CCC(=O)O)c1ccccc1Cl. The zero-order valence-corrected chi connectivity index (χ0v) is 8.74. The first-order chi connectivity index (χ1) is 7.15. The first-order valence-electron chi connectivity index (χ1n) is 4.51. The monoisotopic (exact) mass is 223 g/mol. The second-order valence-electron chi connectivity index (χ2n) is 3.14. The highest BCUT2D eigenvalue weighted by atomic mass is 35.5. The van der Waals surface area contributed by atoms with E-state index in [9.17, 15) is 4.79 Å². The van der Waals surface area contributed by atoms with Crippen molar-refractivity contribution in [1.29, 1.82) is 5.26 Å². The van der Waals surface area contributed by atoms with Gasteiger partial charge in [0, 0.05) is 11.4 Å². The molecule has 0 saturated heterocycles. The third-order valence-corrected chi connectivity index (χ3v) is 2.43. The summed E-state index contributed by atoms with van der Waals surface area (Å²) >= 11 is 5.91. The van der Waals surface area contributed by atoms with Crippen molar-refractivity contribution < 1.29 is 9.90 Å². The number of nitriles is 1. The zero-order valence-electron chi connectivity index (χ0n) is 7.98. The van der Waals surface area contributed by atoms with Crippen molar-refractivity contribution in [2.24, 2.45) is 0 Å². The van der Waals surface area contributed by atoms with E-state index in [2.05, 4.69) is 6.07 Å². The molecule has 1 aromatic rings. The minimum absolute atomic E-state index is 0.0244. The Morgan fingerprint density at radius 2 is 2.20 bits per heavy atom. The minimum atomic E-state index is -0.901. The van der Waals surface area contributed by atoms with Gasteiger partial charge in [-0.2, -0.15) is 5.26 Å². The molecule has 1 atom stereocenters. The molecule has 78 valence electrons. The molecule has 1 rings (SSSR count). The Balaban J connectivity index is 2.80. The molecule has 0 heterocycles. The lowest BCUT2D eigenvalue weighted by Gasteiger charge is -2.09. The maximum atomic E-state index is 10.4. The number of benzene rings is 1. The molecule has 0 aliphatic heterocycles. The zero-order chi connectivity index (χ0) is 11.3. The number of carboxylic acids is 1. The molecule has 0 aliphatic carbocycles. The van der Waals surface area contributed by atoms with Gasteiger partial charge in [-0.05, 0) is 18.1 Å². The Labute approximate surface area is 92.9 Å². The quantitative estimate of drug-likeness (QED) is 0.854. The predicted octanol–water partition coefficient (Wildman–Crippen LogP) is 2.81. The third kappa shape index (κ3) is 3.26. The molecule has 0 aliphatic rings. The second-order valence-corrected chi connectivity index (χ2v) is 3.54. The maximum absolute atomic E-state index is 10.4. The van der Waals surface area contributed by atoms with Crippen LogP contribution in [0.15, 0.2) is 24.3 Å². The lowest BCUT2D eigenvalue weighted by atomic mass is 9.96. The van der Waals surface area contributed by atoms with E-state index in [0.29, 0.717) is 10.6 Å². The van der Waals surface area contributed by atoms with Crippen LogP contribution in [0, 0.1) is 11.3 Å². The van der Waals surface area contributed by atoms with E-state index in [1.165, 1.54) is 0 Å². The van der Waals surface area contributed by atoms with Crippen LogP contribution in [0.4, 0.5) is 0 Å². The van der Waals surface area contributed by atoms with Gasteiger partial charge in [0.1, 0.15) is 0 Å². The van der Waals surface area contributed by atoms with Crippen molar-refractivity contribution in [2.75, 3.05) is 0 Å². The van der Waals surface area contributed by atoms with Crippen molar-refractivity contribution >= 4 is 17.6 Å². The Morgan fingerprint density at radius 1 is 1.53 bits per heavy atom. The lowest BCUT2D eigenvalue weighted by Crippen LogP contribution is -2.01. The molecule has 1 N–H and O–H groups in total. The number of rotatable bonds is 4. The Kier molecular flexibility index (Phi) is 4.14. The third-order valence-electron chi connectivity index (χ3n) is 2.08. The van der Waals surface area contributed by atoms with E-state index in [1.807, 2.05) is 0 Å². The van der Waals surface area contributed by atoms with Crippen LogP contribution < -0.4 is 0 Å². The molecular formula is C11H10ClNO2. The number of nitrogens with zero attached hydrogens (tertiary/aromatic N) is 1. The van der Waals surface area contributed by atoms with Crippen LogP contribution in [0.3, 0.4) is 0 Å². The van der Waals surface area contributed by atoms with Crippen molar-refractivity contribution in [1.82, 2.24) is 0 Å². The molecule has 0 radical (unpaired) electrons. The van der Waals surface area contributed by atoms with Crippen molar-refractivity contribution in [2.45, 2.75) is 18.8 Å². The number of aliphatic carboxylic acids is 1. The van der Waals surface area contributed by atoms with E-state index in [4.69, 9.17) is 22.0 Å². The van der Waals surface area contributed by atoms with Gasteiger partial charge in [0.15, 0.2) is 0 Å². The molecule has 0 amide bonds. The highest BCUT2D eigenvalue weighted by Crippen LogP contribution is 2.27. The lowest BCUT2D eigenvalue weighted by molar-refractivity contribution is -0.137. The number of hydrogen-bond donors (Lipinski definition) is 1. The summed E-state index contributed by atoms with van der Waals surface area (Å²) in [6, 6.07) is 9.07. The summed E-state index contributed by atoms with van der Waals surface area (Å²) in [6.07, 6.45) is 0.263. The minimum Gasteiger partial charge on any atom is -0.481 e. The van der Waals surface area contributed by atoms with E-state index < -0.39 is 11.9 Å². The molecule has 3 nitrogen and oxygen atoms in total. The van der Waals surface area contributed by atoms with Gasteiger partial charge in [0.25, 0.3) is 0 Å². The number of hydrogen-bond acceptors (Lipinski definition) is 2. The van der Waals surface area contributed by atoms with Crippen LogP contribution in [0.25, 0.3) is 0 Å². The average molecular weight is 224 g/mol. The topological polar surface area (TPSA) is 61.1 Å². The molecule has 0 saturated carbocycles. The normalized spacial score (nSPS) is 11.7. The summed E-state index contributed by atoms with van der Waals surface area (Å²) in [7, 11) is 0. The molecule has 4 heteroatoms. The first-order valence-corrected chi connectivity index (χ1v) is 4.88. The van der Waals surface area contributed by atoms with Crippen molar-refractivity contribution in [3.8, 4) is 6.07 Å². The fraction of sp³-hybridized carbons (Fsp3) is 0.273. The van der Waals surface area contributed by atoms with Gasteiger partial charge in [0.05, 0.1) is 12.0 Å². The van der Waals surface area contributed by atoms with Gasteiger partial charge in [0.2, 0.25) is 0 Å².